The van der Waals surface area contributed by atoms with Crippen LogP contribution in [0.3, 0.4) is 0 Å². The highest BCUT2D eigenvalue weighted by atomic mass is 79.9. The second kappa shape index (κ2) is 2.73. The van der Waals surface area contributed by atoms with Gasteiger partial charge >= 0.3 is 0 Å². The molecule has 2 rings (SSSR count). The van der Waals surface area contributed by atoms with Gasteiger partial charge in [-0.1, -0.05) is 0 Å². The molecule has 0 saturated heterocycles. The summed E-state index contributed by atoms with van der Waals surface area (Å²) in [6, 6.07) is 1.40. The summed E-state index contributed by atoms with van der Waals surface area (Å²) in [5.41, 5.74) is 8.02. The molecule has 12 heavy (non-hydrogen) atoms. The van der Waals surface area contributed by atoms with E-state index >= 15 is 0 Å². The standard InChI is InChI=1S/C9H9BrFN/c10-9-6-3-1-2-5(6)7(11)4-8(9)12/h4H,1-3,12H2. The van der Waals surface area contributed by atoms with Crippen LogP contribution in [0.25, 0.3) is 0 Å². The summed E-state index contributed by atoms with van der Waals surface area (Å²) in [4.78, 5) is 0. The van der Waals surface area contributed by atoms with Crippen LogP contribution in [0.15, 0.2) is 10.5 Å². The van der Waals surface area contributed by atoms with E-state index in [0.29, 0.717) is 5.69 Å². The molecule has 0 spiro atoms. The second-order valence-electron chi connectivity index (χ2n) is 3.07. The number of rotatable bonds is 0. The van der Waals surface area contributed by atoms with Crippen molar-refractivity contribution in [3.05, 3.63) is 27.5 Å². The van der Waals surface area contributed by atoms with Gasteiger partial charge in [-0.15, -0.1) is 0 Å². The molecule has 0 unspecified atom stereocenters. The maximum atomic E-state index is 13.2. The average molecular weight is 230 g/mol. The van der Waals surface area contributed by atoms with E-state index in [9.17, 15) is 4.39 Å². The Hall–Kier alpha value is -0.570. The molecule has 0 bridgehead atoms. The van der Waals surface area contributed by atoms with Crippen LogP contribution < -0.4 is 5.73 Å². The van der Waals surface area contributed by atoms with E-state index in [4.69, 9.17) is 5.73 Å². The highest BCUT2D eigenvalue weighted by molar-refractivity contribution is 9.10. The lowest BCUT2D eigenvalue weighted by Gasteiger charge is -2.06. The van der Waals surface area contributed by atoms with Crippen molar-refractivity contribution in [1.29, 1.82) is 0 Å². The number of fused-ring (bicyclic) bond motifs is 1. The molecule has 0 aliphatic heterocycles. The minimum atomic E-state index is -0.150. The van der Waals surface area contributed by atoms with Crippen LogP contribution in [0.1, 0.15) is 17.5 Å². The first-order valence-corrected chi connectivity index (χ1v) is 4.74. The number of nitrogens with two attached hydrogens (primary N) is 1. The molecule has 1 aliphatic carbocycles. The zero-order valence-corrected chi connectivity index (χ0v) is 8.12. The van der Waals surface area contributed by atoms with Gasteiger partial charge in [0.2, 0.25) is 0 Å². The van der Waals surface area contributed by atoms with E-state index in [0.717, 1.165) is 34.9 Å². The highest BCUT2D eigenvalue weighted by Gasteiger charge is 2.19. The molecule has 0 heterocycles. The van der Waals surface area contributed by atoms with Crippen LogP contribution in [0.5, 0.6) is 0 Å². The summed E-state index contributed by atoms with van der Waals surface area (Å²) in [6.07, 6.45) is 2.83. The molecule has 64 valence electrons. The largest absolute Gasteiger partial charge is 0.398 e. The monoisotopic (exact) mass is 229 g/mol. The maximum absolute atomic E-state index is 13.2. The maximum Gasteiger partial charge on any atom is 0.128 e. The zero-order chi connectivity index (χ0) is 8.72. The quantitative estimate of drug-likeness (QED) is 0.681. The third-order valence-electron chi connectivity index (χ3n) is 2.31. The molecule has 1 nitrogen and oxygen atoms in total. The Bertz CT molecular complexity index is 336. The van der Waals surface area contributed by atoms with Crippen molar-refractivity contribution < 1.29 is 4.39 Å². The fourth-order valence-corrected chi connectivity index (χ4v) is 2.26. The Kier molecular flexibility index (Phi) is 1.83. The fraction of sp³-hybridized carbons (Fsp3) is 0.333. The lowest BCUT2D eigenvalue weighted by atomic mass is 10.1. The van der Waals surface area contributed by atoms with Crippen LogP contribution >= 0.6 is 15.9 Å². The Morgan fingerprint density at radius 2 is 2.00 bits per heavy atom. The molecule has 0 amide bonds. The number of benzene rings is 1. The van der Waals surface area contributed by atoms with Crippen molar-refractivity contribution in [2.24, 2.45) is 0 Å². The van der Waals surface area contributed by atoms with E-state index in [1.54, 1.807) is 0 Å². The molecule has 0 aromatic heterocycles. The van der Waals surface area contributed by atoms with Crippen molar-refractivity contribution in [3.8, 4) is 0 Å². The number of anilines is 1. The third kappa shape index (κ3) is 1.04. The minimum Gasteiger partial charge on any atom is -0.398 e. The van der Waals surface area contributed by atoms with E-state index in [-0.39, 0.29) is 5.82 Å². The Labute approximate surface area is 78.9 Å². The average Bonchev–Trinajstić information content (AvgIpc) is 2.48. The summed E-state index contributed by atoms with van der Waals surface area (Å²) >= 11 is 3.37. The Morgan fingerprint density at radius 1 is 1.33 bits per heavy atom. The molecule has 0 fully saturated rings. The molecule has 3 heteroatoms. The Morgan fingerprint density at radius 3 is 2.75 bits per heavy atom. The lowest BCUT2D eigenvalue weighted by molar-refractivity contribution is 0.613. The van der Waals surface area contributed by atoms with Crippen LogP contribution in [-0.4, -0.2) is 0 Å². The van der Waals surface area contributed by atoms with Gasteiger partial charge in [-0.25, -0.2) is 4.39 Å². The molecular formula is C9H9BrFN. The number of hydrogen-bond acceptors (Lipinski definition) is 1. The van der Waals surface area contributed by atoms with Gasteiger partial charge in [0.15, 0.2) is 0 Å². The summed E-state index contributed by atoms with van der Waals surface area (Å²) < 4.78 is 14.1. The van der Waals surface area contributed by atoms with Crippen molar-refractivity contribution in [1.82, 2.24) is 0 Å². The fourth-order valence-electron chi connectivity index (χ4n) is 1.71. The van der Waals surface area contributed by atoms with Crippen molar-refractivity contribution in [2.75, 3.05) is 5.73 Å². The van der Waals surface area contributed by atoms with Crippen molar-refractivity contribution in [3.63, 3.8) is 0 Å². The summed E-state index contributed by atoms with van der Waals surface area (Å²) in [5.74, 6) is -0.150. The van der Waals surface area contributed by atoms with Gasteiger partial charge in [0, 0.05) is 10.2 Å². The summed E-state index contributed by atoms with van der Waals surface area (Å²) in [5, 5.41) is 0. The predicted octanol–water partition coefficient (Wildman–Crippen LogP) is 2.66. The van der Waals surface area contributed by atoms with Crippen LogP contribution in [0.4, 0.5) is 10.1 Å². The molecule has 0 atom stereocenters. The molecule has 1 aliphatic rings. The third-order valence-corrected chi connectivity index (χ3v) is 3.24. The number of hydrogen-bond donors (Lipinski definition) is 1. The first-order valence-electron chi connectivity index (χ1n) is 3.95. The molecular weight excluding hydrogens is 221 g/mol. The van der Waals surface area contributed by atoms with Crippen molar-refractivity contribution in [2.45, 2.75) is 19.3 Å². The van der Waals surface area contributed by atoms with E-state index in [1.807, 2.05) is 0 Å². The Balaban J connectivity index is 2.69. The number of nitrogen functional groups attached to an aromatic ring is 1. The molecule has 1 aromatic rings. The first-order chi connectivity index (χ1) is 5.70. The van der Waals surface area contributed by atoms with Crippen LogP contribution in [-0.2, 0) is 12.8 Å². The van der Waals surface area contributed by atoms with E-state index in [1.165, 1.54) is 6.07 Å². The SMILES string of the molecule is Nc1cc(F)c2c(c1Br)CCC2. The van der Waals surface area contributed by atoms with Gasteiger partial charge in [0.1, 0.15) is 5.82 Å². The van der Waals surface area contributed by atoms with Crippen LogP contribution in [0, 0.1) is 5.82 Å². The molecule has 0 saturated carbocycles. The zero-order valence-electron chi connectivity index (χ0n) is 6.53. The smallest absolute Gasteiger partial charge is 0.128 e. The summed E-state index contributed by atoms with van der Waals surface area (Å²) in [7, 11) is 0. The molecule has 1 aromatic carbocycles. The summed E-state index contributed by atoms with van der Waals surface area (Å²) in [6.45, 7) is 0. The minimum absolute atomic E-state index is 0.150. The number of halogens is 2. The first kappa shape index (κ1) is 8.05. The van der Waals surface area contributed by atoms with Crippen molar-refractivity contribution >= 4 is 21.6 Å². The van der Waals surface area contributed by atoms with Gasteiger partial charge in [-0.3, -0.25) is 0 Å². The van der Waals surface area contributed by atoms with Gasteiger partial charge in [-0.2, -0.15) is 0 Å². The second-order valence-corrected chi connectivity index (χ2v) is 3.87. The lowest BCUT2D eigenvalue weighted by Crippen LogP contribution is -1.96. The predicted molar refractivity (Wildman–Crippen MR) is 50.5 cm³/mol. The van der Waals surface area contributed by atoms with Gasteiger partial charge in [-0.05, 0) is 52.4 Å². The van der Waals surface area contributed by atoms with Crippen LogP contribution in [0.2, 0.25) is 0 Å². The molecule has 0 radical (unpaired) electrons. The van der Waals surface area contributed by atoms with E-state index in [2.05, 4.69) is 15.9 Å². The van der Waals surface area contributed by atoms with Gasteiger partial charge < -0.3 is 5.73 Å². The highest BCUT2D eigenvalue weighted by Crippen LogP contribution is 2.34. The van der Waals surface area contributed by atoms with E-state index < -0.39 is 0 Å². The topological polar surface area (TPSA) is 26.0 Å². The van der Waals surface area contributed by atoms with Gasteiger partial charge in [0.05, 0.1) is 0 Å². The molecule has 2 N–H and O–H groups in total. The normalized spacial score (nSPS) is 14.8. The van der Waals surface area contributed by atoms with Gasteiger partial charge in [0.25, 0.3) is 0 Å².